The Morgan fingerprint density at radius 1 is 1.50 bits per heavy atom. The Balaban J connectivity index is 2.06. The third kappa shape index (κ3) is 3.09. The topological polar surface area (TPSA) is 61.4 Å². The van der Waals surface area contributed by atoms with Crippen molar-refractivity contribution in [2.75, 3.05) is 18.4 Å². The Morgan fingerprint density at radius 3 is 2.94 bits per heavy atom. The van der Waals surface area contributed by atoms with Gasteiger partial charge in [-0.25, -0.2) is 0 Å². The molecular formula is C14H20N2O2. The number of piperidine rings is 1. The molecule has 0 bridgehead atoms. The normalized spacial score (nSPS) is 21.3. The molecule has 0 aromatic heterocycles. The quantitative estimate of drug-likeness (QED) is 0.762. The molecule has 1 aromatic carbocycles. The van der Waals surface area contributed by atoms with Crippen molar-refractivity contribution in [2.45, 2.75) is 25.9 Å². The van der Waals surface area contributed by atoms with E-state index in [1.165, 1.54) is 0 Å². The first-order valence-corrected chi connectivity index (χ1v) is 6.47. The summed E-state index contributed by atoms with van der Waals surface area (Å²) in [6.45, 7) is 3.43. The first-order valence-electron chi connectivity index (χ1n) is 6.47. The van der Waals surface area contributed by atoms with Gasteiger partial charge in [-0.2, -0.15) is 0 Å². The van der Waals surface area contributed by atoms with Crippen LogP contribution in [0.4, 0.5) is 5.69 Å². The molecule has 0 spiro atoms. The van der Waals surface area contributed by atoms with Crippen molar-refractivity contribution in [2.24, 2.45) is 5.92 Å². The number of nitrogens with one attached hydrogen (secondary N) is 2. The molecule has 1 aromatic rings. The van der Waals surface area contributed by atoms with Gasteiger partial charge in [0, 0.05) is 17.8 Å². The zero-order chi connectivity index (χ0) is 13.0. The van der Waals surface area contributed by atoms with Gasteiger partial charge in [0.15, 0.2) is 0 Å². The largest absolute Gasteiger partial charge is 0.389 e. The van der Waals surface area contributed by atoms with Gasteiger partial charge in [0.25, 0.3) is 0 Å². The molecule has 4 heteroatoms. The average molecular weight is 248 g/mol. The van der Waals surface area contributed by atoms with E-state index in [4.69, 9.17) is 0 Å². The highest BCUT2D eigenvalue weighted by molar-refractivity contribution is 5.93. The predicted molar refractivity (Wildman–Crippen MR) is 71.3 cm³/mol. The maximum atomic E-state index is 12.1. The van der Waals surface area contributed by atoms with Gasteiger partial charge in [-0.3, -0.25) is 4.79 Å². The van der Waals surface area contributed by atoms with Crippen molar-refractivity contribution in [3.8, 4) is 0 Å². The summed E-state index contributed by atoms with van der Waals surface area (Å²) < 4.78 is 0. The van der Waals surface area contributed by atoms with Gasteiger partial charge in [-0.15, -0.1) is 0 Å². The Hall–Kier alpha value is -1.39. The molecule has 2 atom stereocenters. The third-order valence-corrected chi connectivity index (χ3v) is 3.34. The molecule has 0 radical (unpaired) electrons. The summed E-state index contributed by atoms with van der Waals surface area (Å²) >= 11 is 0. The number of amides is 1. The summed E-state index contributed by atoms with van der Waals surface area (Å²) in [4.78, 5) is 12.1. The number of para-hydroxylation sites is 1. The number of hydrogen-bond donors (Lipinski definition) is 3. The highest BCUT2D eigenvalue weighted by Crippen LogP contribution is 2.23. The SMILES string of the molecule is CC(O)c1ccccc1NC(=O)[C@H]1CCCNC1. The Bertz CT molecular complexity index is 412. The lowest BCUT2D eigenvalue weighted by Gasteiger charge is -2.22. The van der Waals surface area contributed by atoms with Gasteiger partial charge in [0.1, 0.15) is 0 Å². The van der Waals surface area contributed by atoms with Crippen LogP contribution in [0.15, 0.2) is 24.3 Å². The van der Waals surface area contributed by atoms with E-state index in [2.05, 4.69) is 10.6 Å². The van der Waals surface area contributed by atoms with E-state index in [9.17, 15) is 9.90 Å². The predicted octanol–water partition coefficient (Wildman–Crippen LogP) is 1.68. The standard InChI is InChI=1S/C14H20N2O2/c1-10(17)12-6-2-3-7-13(12)16-14(18)11-5-4-8-15-9-11/h2-3,6-7,10-11,15,17H,4-5,8-9H2,1H3,(H,16,18)/t10?,11-/m0/s1. The highest BCUT2D eigenvalue weighted by atomic mass is 16.3. The molecule has 1 unspecified atom stereocenters. The minimum atomic E-state index is -0.578. The summed E-state index contributed by atoms with van der Waals surface area (Å²) in [5.41, 5.74) is 1.47. The number of benzene rings is 1. The highest BCUT2D eigenvalue weighted by Gasteiger charge is 2.21. The molecule has 1 aliphatic heterocycles. The smallest absolute Gasteiger partial charge is 0.228 e. The lowest BCUT2D eigenvalue weighted by Crippen LogP contribution is -2.37. The van der Waals surface area contributed by atoms with E-state index >= 15 is 0 Å². The van der Waals surface area contributed by atoms with Crippen LogP contribution in [0.25, 0.3) is 0 Å². The number of aliphatic hydroxyl groups excluding tert-OH is 1. The molecule has 1 heterocycles. The van der Waals surface area contributed by atoms with Crippen LogP contribution in [0.1, 0.15) is 31.4 Å². The Labute approximate surface area is 107 Å². The fourth-order valence-electron chi connectivity index (χ4n) is 2.29. The van der Waals surface area contributed by atoms with E-state index in [0.717, 1.165) is 31.5 Å². The third-order valence-electron chi connectivity index (χ3n) is 3.34. The summed E-state index contributed by atoms with van der Waals surface area (Å²) in [6, 6.07) is 7.39. The minimum Gasteiger partial charge on any atom is -0.389 e. The van der Waals surface area contributed by atoms with Gasteiger partial charge >= 0.3 is 0 Å². The second kappa shape index (κ2) is 5.98. The monoisotopic (exact) mass is 248 g/mol. The molecule has 18 heavy (non-hydrogen) atoms. The van der Waals surface area contributed by atoms with Crippen LogP contribution in [-0.4, -0.2) is 24.1 Å². The zero-order valence-corrected chi connectivity index (χ0v) is 10.6. The van der Waals surface area contributed by atoms with Gasteiger partial charge in [0.05, 0.1) is 12.0 Å². The Kier molecular flexibility index (Phi) is 4.33. The average Bonchev–Trinajstić information content (AvgIpc) is 2.40. The number of anilines is 1. The molecule has 3 N–H and O–H groups in total. The minimum absolute atomic E-state index is 0.0285. The van der Waals surface area contributed by atoms with E-state index in [0.29, 0.717) is 5.69 Å². The number of rotatable bonds is 3. The zero-order valence-electron chi connectivity index (χ0n) is 10.6. The summed E-state index contributed by atoms with van der Waals surface area (Å²) in [5.74, 6) is 0.0658. The van der Waals surface area contributed by atoms with Crippen molar-refractivity contribution in [1.82, 2.24) is 5.32 Å². The van der Waals surface area contributed by atoms with Crippen molar-refractivity contribution in [1.29, 1.82) is 0 Å². The van der Waals surface area contributed by atoms with Crippen LogP contribution < -0.4 is 10.6 Å². The number of aliphatic hydroxyl groups is 1. The van der Waals surface area contributed by atoms with Gasteiger partial charge < -0.3 is 15.7 Å². The lowest BCUT2D eigenvalue weighted by molar-refractivity contribution is -0.120. The van der Waals surface area contributed by atoms with Crippen LogP contribution >= 0.6 is 0 Å². The molecule has 4 nitrogen and oxygen atoms in total. The molecular weight excluding hydrogens is 228 g/mol. The fourth-order valence-corrected chi connectivity index (χ4v) is 2.29. The molecule has 1 amide bonds. The maximum absolute atomic E-state index is 12.1. The van der Waals surface area contributed by atoms with Crippen LogP contribution in [0.3, 0.4) is 0 Å². The lowest BCUT2D eigenvalue weighted by atomic mass is 9.98. The summed E-state index contributed by atoms with van der Waals surface area (Å²) in [7, 11) is 0. The number of hydrogen-bond acceptors (Lipinski definition) is 3. The molecule has 0 aliphatic carbocycles. The molecule has 98 valence electrons. The number of carbonyl (C=O) groups is 1. The van der Waals surface area contributed by atoms with Gasteiger partial charge in [0.2, 0.25) is 5.91 Å². The van der Waals surface area contributed by atoms with E-state index in [1.54, 1.807) is 6.92 Å². The van der Waals surface area contributed by atoms with Crippen LogP contribution in [0, 0.1) is 5.92 Å². The maximum Gasteiger partial charge on any atom is 0.228 e. The van der Waals surface area contributed by atoms with Crippen molar-refractivity contribution >= 4 is 11.6 Å². The van der Waals surface area contributed by atoms with Crippen molar-refractivity contribution < 1.29 is 9.90 Å². The van der Waals surface area contributed by atoms with Gasteiger partial charge in [-0.05, 0) is 32.4 Å². The Morgan fingerprint density at radius 2 is 2.28 bits per heavy atom. The fraction of sp³-hybridized carbons (Fsp3) is 0.500. The van der Waals surface area contributed by atoms with Crippen molar-refractivity contribution in [3.05, 3.63) is 29.8 Å². The second-order valence-electron chi connectivity index (χ2n) is 4.80. The summed E-state index contributed by atoms with van der Waals surface area (Å²) in [6.07, 6.45) is 1.39. The van der Waals surface area contributed by atoms with E-state index in [-0.39, 0.29) is 11.8 Å². The van der Waals surface area contributed by atoms with Gasteiger partial charge in [-0.1, -0.05) is 18.2 Å². The second-order valence-corrected chi connectivity index (χ2v) is 4.80. The van der Waals surface area contributed by atoms with Crippen LogP contribution in [0.5, 0.6) is 0 Å². The first-order chi connectivity index (χ1) is 8.68. The molecule has 1 saturated heterocycles. The van der Waals surface area contributed by atoms with Crippen LogP contribution in [0.2, 0.25) is 0 Å². The first kappa shape index (κ1) is 13.1. The molecule has 1 aliphatic rings. The molecule has 2 rings (SSSR count). The van der Waals surface area contributed by atoms with E-state index < -0.39 is 6.10 Å². The molecule has 0 saturated carbocycles. The summed E-state index contributed by atoms with van der Waals surface area (Å²) in [5, 5.41) is 15.8. The van der Waals surface area contributed by atoms with E-state index in [1.807, 2.05) is 24.3 Å². The van der Waals surface area contributed by atoms with Crippen LogP contribution in [-0.2, 0) is 4.79 Å². The molecule has 1 fully saturated rings. The number of carbonyl (C=O) groups excluding carboxylic acids is 1. The van der Waals surface area contributed by atoms with Crippen molar-refractivity contribution in [3.63, 3.8) is 0 Å².